The Labute approximate surface area is 107 Å². The third kappa shape index (κ3) is 2.56. The second-order valence-corrected chi connectivity index (χ2v) is 4.64. The van der Waals surface area contributed by atoms with Crippen molar-refractivity contribution in [3.05, 3.63) is 40.1 Å². The highest BCUT2D eigenvalue weighted by atomic mass is 32.2. The van der Waals surface area contributed by atoms with Crippen LogP contribution in [0.25, 0.3) is 0 Å². The predicted octanol–water partition coefficient (Wildman–Crippen LogP) is 1.60. The molecule has 0 unspecified atom stereocenters. The van der Waals surface area contributed by atoms with Gasteiger partial charge >= 0.3 is 5.69 Å². The number of nitrogens with two attached hydrogens (primary N) is 1. The lowest BCUT2D eigenvalue weighted by Gasteiger charge is -2.03. The van der Waals surface area contributed by atoms with Crippen LogP contribution in [0.5, 0.6) is 0 Å². The molecule has 1 aromatic carbocycles. The molecule has 96 valence electrons. The quantitative estimate of drug-likeness (QED) is 0.652. The summed E-state index contributed by atoms with van der Waals surface area (Å²) in [6, 6.07) is 4.68. The summed E-state index contributed by atoms with van der Waals surface area (Å²) in [5.41, 5.74) is 6.10. The first kappa shape index (κ1) is 12.7. The molecule has 5 nitrogen and oxygen atoms in total. The lowest BCUT2D eigenvalue weighted by molar-refractivity contribution is 0.631. The number of benzene rings is 1. The molecule has 0 atom stereocenters. The third-order valence-electron chi connectivity index (χ3n) is 2.47. The highest BCUT2D eigenvalue weighted by Crippen LogP contribution is 2.21. The van der Waals surface area contributed by atoms with Gasteiger partial charge in [0.15, 0.2) is 5.16 Å². The molecule has 0 bridgehead atoms. The second-order valence-electron chi connectivity index (χ2n) is 3.70. The minimum Gasteiger partial charge on any atom is -0.396 e. The molecule has 0 radical (unpaired) electrons. The van der Waals surface area contributed by atoms with Crippen LogP contribution in [0.15, 0.2) is 28.2 Å². The fourth-order valence-electron chi connectivity index (χ4n) is 1.50. The van der Waals surface area contributed by atoms with Crippen LogP contribution in [0.2, 0.25) is 0 Å². The molecule has 2 rings (SSSR count). The van der Waals surface area contributed by atoms with Gasteiger partial charge in [-0.3, -0.25) is 4.57 Å². The van der Waals surface area contributed by atoms with E-state index >= 15 is 0 Å². The predicted molar refractivity (Wildman–Crippen MR) is 68.9 cm³/mol. The first-order valence-corrected chi connectivity index (χ1v) is 6.42. The van der Waals surface area contributed by atoms with Crippen LogP contribution in [-0.2, 0) is 12.3 Å². The topological polar surface area (TPSA) is 76.7 Å². The van der Waals surface area contributed by atoms with E-state index in [1.54, 1.807) is 6.07 Å². The number of hydrogen-bond donors (Lipinski definition) is 2. The van der Waals surface area contributed by atoms with E-state index in [9.17, 15) is 9.18 Å². The smallest absolute Gasteiger partial charge is 0.343 e. The van der Waals surface area contributed by atoms with Crippen molar-refractivity contribution < 1.29 is 4.39 Å². The van der Waals surface area contributed by atoms with E-state index in [1.165, 1.54) is 28.5 Å². The summed E-state index contributed by atoms with van der Waals surface area (Å²) in [5.74, 6) is 0.101. The molecular weight excluding hydrogens is 255 g/mol. The molecule has 0 saturated heterocycles. The lowest BCUT2D eigenvalue weighted by atomic mass is 10.2. The molecule has 0 saturated carbocycles. The van der Waals surface area contributed by atoms with E-state index in [0.717, 1.165) is 5.56 Å². The van der Waals surface area contributed by atoms with Crippen LogP contribution >= 0.6 is 11.8 Å². The van der Waals surface area contributed by atoms with Gasteiger partial charge in [-0.05, 0) is 24.6 Å². The van der Waals surface area contributed by atoms with Crippen molar-refractivity contribution in [3.8, 4) is 0 Å². The molecule has 3 N–H and O–H groups in total. The molecule has 0 spiro atoms. The molecule has 0 aliphatic carbocycles. The highest BCUT2D eigenvalue weighted by molar-refractivity contribution is 7.98. The van der Waals surface area contributed by atoms with Gasteiger partial charge in [-0.15, -0.1) is 5.10 Å². The summed E-state index contributed by atoms with van der Waals surface area (Å²) in [4.78, 5) is 11.3. The van der Waals surface area contributed by atoms with Crippen LogP contribution in [0.1, 0.15) is 12.5 Å². The fraction of sp³-hybridized carbons (Fsp3) is 0.273. The van der Waals surface area contributed by atoms with E-state index in [2.05, 4.69) is 10.2 Å². The number of hydrogen-bond acceptors (Lipinski definition) is 4. The molecule has 0 fully saturated rings. The molecule has 7 heteroatoms. The zero-order valence-electron chi connectivity index (χ0n) is 9.81. The van der Waals surface area contributed by atoms with Crippen molar-refractivity contribution in [3.63, 3.8) is 0 Å². The van der Waals surface area contributed by atoms with Crippen molar-refractivity contribution in [1.82, 2.24) is 14.8 Å². The number of rotatable bonds is 4. The molecule has 1 aromatic heterocycles. The van der Waals surface area contributed by atoms with Gasteiger partial charge in [0.05, 0.1) is 5.69 Å². The van der Waals surface area contributed by atoms with Crippen molar-refractivity contribution in [2.45, 2.75) is 24.4 Å². The van der Waals surface area contributed by atoms with Crippen LogP contribution < -0.4 is 11.4 Å². The SMILES string of the molecule is CCn1c(SCc2ccc(N)c(F)c2)n[nH]c1=O. The maximum absolute atomic E-state index is 13.2. The molecule has 18 heavy (non-hydrogen) atoms. The molecule has 0 aliphatic heterocycles. The van der Waals surface area contributed by atoms with Gasteiger partial charge in [0.1, 0.15) is 5.82 Å². The van der Waals surface area contributed by atoms with E-state index in [0.29, 0.717) is 17.5 Å². The minimum absolute atomic E-state index is 0.133. The number of thioether (sulfide) groups is 1. The fourth-order valence-corrected chi connectivity index (χ4v) is 2.45. The minimum atomic E-state index is -0.428. The maximum atomic E-state index is 13.2. The lowest BCUT2D eigenvalue weighted by Crippen LogP contribution is -2.16. The van der Waals surface area contributed by atoms with Gasteiger partial charge < -0.3 is 5.73 Å². The average molecular weight is 268 g/mol. The van der Waals surface area contributed by atoms with E-state index in [4.69, 9.17) is 5.73 Å². The summed E-state index contributed by atoms with van der Waals surface area (Å²) in [7, 11) is 0. The number of aromatic amines is 1. The van der Waals surface area contributed by atoms with Gasteiger partial charge in [0.2, 0.25) is 0 Å². The van der Waals surface area contributed by atoms with Gasteiger partial charge in [-0.25, -0.2) is 14.3 Å². The van der Waals surface area contributed by atoms with E-state index < -0.39 is 5.82 Å². The van der Waals surface area contributed by atoms with Gasteiger partial charge in [-0.1, -0.05) is 17.8 Å². The van der Waals surface area contributed by atoms with Crippen LogP contribution in [0.4, 0.5) is 10.1 Å². The summed E-state index contributed by atoms with van der Waals surface area (Å²) in [5, 5.41) is 6.90. The number of H-pyrrole nitrogens is 1. The van der Waals surface area contributed by atoms with Crippen molar-refractivity contribution >= 4 is 17.4 Å². The summed E-state index contributed by atoms with van der Waals surface area (Å²) in [6.45, 7) is 2.41. The van der Waals surface area contributed by atoms with Gasteiger partial charge in [0, 0.05) is 12.3 Å². The number of aromatic nitrogens is 3. The standard InChI is InChI=1S/C11H13FN4OS/c1-2-16-10(17)14-15-11(16)18-6-7-3-4-9(13)8(12)5-7/h3-5H,2,6,13H2,1H3,(H,14,17). The first-order valence-electron chi connectivity index (χ1n) is 5.43. The Morgan fingerprint density at radius 2 is 2.33 bits per heavy atom. The summed E-state index contributed by atoms with van der Waals surface area (Å²) >= 11 is 1.37. The Morgan fingerprint density at radius 3 is 3.00 bits per heavy atom. The van der Waals surface area contributed by atoms with Crippen LogP contribution in [0.3, 0.4) is 0 Å². The van der Waals surface area contributed by atoms with Crippen molar-refractivity contribution in [2.24, 2.45) is 0 Å². The van der Waals surface area contributed by atoms with Crippen LogP contribution in [0, 0.1) is 5.82 Å². The monoisotopic (exact) mass is 268 g/mol. The van der Waals surface area contributed by atoms with Crippen molar-refractivity contribution in [1.29, 1.82) is 0 Å². The number of nitrogens with one attached hydrogen (secondary N) is 1. The number of anilines is 1. The molecule has 1 heterocycles. The van der Waals surface area contributed by atoms with Gasteiger partial charge in [-0.2, -0.15) is 0 Å². The Morgan fingerprint density at radius 1 is 1.56 bits per heavy atom. The van der Waals surface area contributed by atoms with E-state index in [-0.39, 0.29) is 11.4 Å². The molecule has 0 aliphatic rings. The zero-order chi connectivity index (χ0) is 13.1. The zero-order valence-corrected chi connectivity index (χ0v) is 10.6. The summed E-state index contributed by atoms with van der Waals surface area (Å²) < 4.78 is 14.8. The number of nitrogen functional groups attached to an aromatic ring is 1. The Hall–Kier alpha value is -1.76. The number of halogens is 1. The second kappa shape index (κ2) is 5.26. The average Bonchev–Trinajstić information content (AvgIpc) is 2.71. The normalized spacial score (nSPS) is 10.8. The van der Waals surface area contributed by atoms with E-state index in [1.807, 2.05) is 6.92 Å². The van der Waals surface area contributed by atoms with Crippen LogP contribution in [-0.4, -0.2) is 14.8 Å². The number of nitrogens with zero attached hydrogens (tertiary/aromatic N) is 2. The van der Waals surface area contributed by atoms with Crippen molar-refractivity contribution in [2.75, 3.05) is 5.73 Å². The largest absolute Gasteiger partial charge is 0.396 e. The molecule has 0 amide bonds. The maximum Gasteiger partial charge on any atom is 0.343 e. The molecular formula is C11H13FN4OS. The summed E-state index contributed by atoms with van der Waals surface area (Å²) in [6.07, 6.45) is 0. The highest BCUT2D eigenvalue weighted by Gasteiger charge is 2.08. The Kier molecular flexibility index (Phi) is 3.71. The Balaban J connectivity index is 2.11. The molecule has 2 aromatic rings. The third-order valence-corrected chi connectivity index (χ3v) is 3.52. The first-order chi connectivity index (χ1) is 8.61. The van der Waals surface area contributed by atoms with Gasteiger partial charge in [0.25, 0.3) is 0 Å². The Bertz CT molecular complexity index is 607.